The lowest BCUT2D eigenvalue weighted by molar-refractivity contribution is -0.394. The highest BCUT2D eigenvalue weighted by Crippen LogP contribution is 2.41. The van der Waals surface area contributed by atoms with Crippen LogP contribution < -0.4 is 14.9 Å². The summed E-state index contributed by atoms with van der Waals surface area (Å²) in [6.07, 6.45) is 1.37. The minimum atomic E-state index is -0.772. The number of nitro benzene ring substituents is 2. The van der Waals surface area contributed by atoms with Crippen LogP contribution in [-0.4, -0.2) is 29.1 Å². The highest BCUT2D eigenvalue weighted by atomic mass is 127. The molecule has 0 saturated heterocycles. The third-order valence-electron chi connectivity index (χ3n) is 4.90. The smallest absolute Gasteiger partial charge is 0.318 e. The van der Waals surface area contributed by atoms with Gasteiger partial charge < -0.3 is 13.9 Å². The van der Waals surface area contributed by atoms with Gasteiger partial charge in [0.1, 0.15) is 5.58 Å². The molecule has 1 aromatic heterocycles. The molecule has 0 aliphatic carbocycles. The first kappa shape index (κ1) is 26.0. The third kappa shape index (κ3) is 5.86. The van der Waals surface area contributed by atoms with Crippen molar-refractivity contribution in [3.8, 4) is 17.2 Å². The van der Waals surface area contributed by atoms with E-state index < -0.39 is 27.1 Å². The molecule has 4 rings (SSSR count). The number of carbonyl (C=O) groups excluding carboxylic acids is 1. The number of rotatable bonds is 8. The van der Waals surface area contributed by atoms with Crippen LogP contribution in [0.5, 0.6) is 17.2 Å². The Bertz CT molecular complexity index is 1590. The maximum absolute atomic E-state index is 12.4. The number of ether oxygens (including phenoxy) is 2. The largest absolute Gasteiger partial charge is 0.493 e. The number of nitrogens with one attached hydrogen (secondary N) is 1. The topological polar surface area (TPSA) is 159 Å². The normalized spacial score (nSPS) is 11.0. The van der Waals surface area contributed by atoms with Gasteiger partial charge in [-0.25, -0.2) is 5.43 Å². The van der Waals surface area contributed by atoms with Crippen molar-refractivity contribution in [1.29, 1.82) is 0 Å². The average Bonchev–Trinajstić information content (AvgIpc) is 3.28. The Kier molecular flexibility index (Phi) is 7.68. The number of nitrogens with zero attached hydrogens (tertiary/aromatic N) is 3. The van der Waals surface area contributed by atoms with Gasteiger partial charge in [-0.1, -0.05) is 15.9 Å². The summed E-state index contributed by atoms with van der Waals surface area (Å²) in [4.78, 5) is 33.3. The lowest BCUT2D eigenvalue weighted by atomic mass is 10.2. The second-order valence-corrected chi connectivity index (χ2v) is 9.37. The number of furan rings is 1. The van der Waals surface area contributed by atoms with E-state index in [2.05, 4.69) is 26.5 Å². The molecule has 1 N–H and O–H groups in total. The van der Waals surface area contributed by atoms with E-state index in [4.69, 9.17) is 13.9 Å². The molecule has 4 aromatic rings. The fourth-order valence-electron chi connectivity index (χ4n) is 3.22. The number of hydrogen-bond donors (Lipinski definition) is 1. The summed E-state index contributed by atoms with van der Waals surface area (Å²) < 4.78 is 18.0. The highest BCUT2D eigenvalue weighted by molar-refractivity contribution is 14.1. The number of halogens is 2. The molecule has 12 nitrogen and oxygen atoms in total. The van der Waals surface area contributed by atoms with Crippen LogP contribution in [0.1, 0.15) is 16.1 Å². The summed E-state index contributed by atoms with van der Waals surface area (Å²) in [5.74, 6) is -0.273. The van der Waals surface area contributed by atoms with Gasteiger partial charge in [0.25, 0.3) is 5.69 Å². The number of methoxy groups -OCH3 is 1. The van der Waals surface area contributed by atoms with Crippen LogP contribution in [-0.2, 0) is 0 Å². The molecule has 0 bridgehead atoms. The zero-order valence-corrected chi connectivity index (χ0v) is 22.4. The lowest BCUT2D eigenvalue weighted by Gasteiger charge is -2.13. The number of benzene rings is 3. The van der Waals surface area contributed by atoms with Crippen molar-refractivity contribution in [3.63, 3.8) is 0 Å². The van der Waals surface area contributed by atoms with E-state index in [0.29, 0.717) is 14.7 Å². The van der Waals surface area contributed by atoms with E-state index >= 15 is 0 Å². The van der Waals surface area contributed by atoms with E-state index in [9.17, 15) is 25.0 Å². The van der Waals surface area contributed by atoms with Gasteiger partial charge in [0, 0.05) is 15.9 Å². The summed E-state index contributed by atoms with van der Waals surface area (Å²) >= 11 is 5.31. The van der Waals surface area contributed by atoms with Crippen LogP contribution in [0.2, 0.25) is 0 Å². The number of hydrazone groups is 1. The van der Waals surface area contributed by atoms with Gasteiger partial charge in [0.2, 0.25) is 5.75 Å². The predicted octanol–water partition coefficient (Wildman–Crippen LogP) is 6.18. The molecule has 0 aliphatic heterocycles. The van der Waals surface area contributed by atoms with Crippen LogP contribution >= 0.6 is 38.5 Å². The van der Waals surface area contributed by atoms with Crippen LogP contribution in [0, 0.1) is 23.8 Å². The number of non-ortho nitro benzene ring substituents is 1. The molecular formula is C23H14BrIN4O8. The van der Waals surface area contributed by atoms with Gasteiger partial charge in [0.05, 0.1) is 32.8 Å². The van der Waals surface area contributed by atoms with E-state index in [1.807, 2.05) is 28.7 Å². The van der Waals surface area contributed by atoms with E-state index in [0.717, 1.165) is 28.1 Å². The van der Waals surface area contributed by atoms with E-state index in [1.54, 1.807) is 30.3 Å². The summed E-state index contributed by atoms with van der Waals surface area (Å²) in [5.41, 5.74) is 2.46. The molecular weight excluding hydrogens is 667 g/mol. The van der Waals surface area contributed by atoms with Crippen LogP contribution in [0.15, 0.2) is 68.6 Å². The molecule has 0 spiro atoms. The van der Waals surface area contributed by atoms with Crippen molar-refractivity contribution in [3.05, 3.63) is 94.2 Å². The number of hydrogen-bond acceptors (Lipinski definition) is 9. The van der Waals surface area contributed by atoms with Gasteiger partial charge in [-0.15, -0.1) is 0 Å². The Morgan fingerprint density at radius 1 is 1.08 bits per heavy atom. The van der Waals surface area contributed by atoms with Crippen molar-refractivity contribution in [2.45, 2.75) is 0 Å². The first-order chi connectivity index (χ1) is 17.7. The maximum atomic E-state index is 12.4. The Hall–Kier alpha value is -4.05. The molecule has 0 radical (unpaired) electrons. The monoisotopic (exact) mass is 680 g/mol. The number of nitro groups is 2. The standard InChI is InChI=1S/C23H14BrIN4O8/c1-35-20-7-12(11-26-27-23(30)21-9-13-8-14(24)2-4-18(13)36-21)6-16(25)22(20)37-19-5-3-15(28(31)32)10-17(19)29(33)34/h2-11H,1H3,(H,27,30)/b26-11-. The summed E-state index contributed by atoms with van der Waals surface area (Å²) in [5, 5.41) is 27.1. The van der Waals surface area contributed by atoms with E-state index in [-0.39, 0.29) is 23.0 Å². The van der Waals surface area contributed by atoms with Crippen molar-refractivity contribution in [2.75, 3.05) is 7.11 Å². The molecule has 14 heteroatoms. The Labute approximate surface area is 229 Å². The third-order valence-corrected chi connectivity index (χ3v) is 6.19. The first-order valence-corrected chi connectivity index (χ1v) is 12.0. The summed E-state index contributed by atoms with van der Waals surface area (Å²) in [6, 6.07) is 13.2. The molecule has 0 unspecified atom stereocenters. The summed E-state index contributed by atoms with van der Waals surface area (Å²) in [6.45, 7) is 0. The minimum absolute atomic E-state index is 0.0888. The van der Waals surface area contributed by atoms with Gasteiger partial charge in [-0.05, 0) is 70.6 Å². The van der Waals surface area contributed by atoms with Crippen molar-refractivity contribution in [2.24, 2.45) is 5.10 Å². The predicted molar refractivity (Wildman–Crippen MR) is 145 cm³/mol. The van der Waals surface area contributed by atoms with Crippen molar-refractivity contribution in [1.82, 2.24) is 5.43 Å². The maximum Gasteiger partial charge on any atom is 0.318 e. The molecule has 0 atom stereocenters. The van der Waals surface area contributed by atoms with Crippen LogP contribution in [0.25, 0.3) is 11.0 Å². The van der Waals surface area contributed by atoms with Gasteiger partial charge in [-0.2, -0.15) is 5.10 Å². The average molecular weight is 681 g/mol. The molecule has 3 aromatic carbocycles. The fraction of sp³-hybridized carbons (Fsp3) is 0.0435. The molecule has 1 heterocycles. The zero-order chi connectivity index (χ0) is 26.7. The minimum Gasteiger partial charge on any atom is -0.493 e. The molecule has 37 heavy (non-hydrogen) atoms. The number of amides is 1. The Balaban J connectivity index is 1.54. The molecule has 1 amide bonds. The molecule has 0 aliphatic rings. The van der Waals surface area contributed by atoms with Crippen LogP contribution in [0.3, 0.4) is 0 Å². The Morgan fingerprint density at radius 2 is 1.86 bits per heavy atom. The SMILES string of the molecule is COc1cc(/C=N\NC(=O)c2cc3cc(Br)ccc3o2)cc(I)c1Oc1ccc([N+](=O)[O-])cc1[N+](=O)[O-]. The molecule has 0 saturated carbocycles. The fourth-order valence-corrected chi connectivity index (χ4v) is 4.33. The van der Waals surface area contributed by atoms with Crippen molar-refractivity contribution < 1.29 is 28.5 Å². The van der Waals surface area contributed by atoms with Gasteiger partial charge >= 0.3 is 11.6 Å². The van der Waals surface area contributed by atoms with Crippen molar-refractivity contribution >= 4 is 73.0 Å². The summed E-state index contributed by atoms with van der Waals surface area (Å²) in [7, 11) is 1.38. The zero-order valence-electron chi connectivity index (χ0n) is 18.6. The lowest BCUT2D eigenvalue weighted by Crippen LogP contribution is -2.16. The second kappa shape index (κ2) is 10.9. The quantitative estimate of drug-likeness (QED) is 0.0999. The van der Waals surface area contributed by atoms with Crippen LogP contribution in [0.4, 0.5) is 11.4 Å². The second-order valence-electron chi connectivity index (χ2n) is 7.29. The van der Waals surface area contributed by atoms with Gasteiger partial charge in [-0.3, -0.25) is 25.0 Å². The Morgan fingerprint density at radius 3 is 2.57 bits per heavy atom. The highest BCUT2D eigenvalue weighted by Gasteiger charge is 2.23. The molecule has 0 fully saturated rings. The van der Waals surface area contributed by atoms with E-state index in [1.165, 1.54) is 13.3 Å². The number of carbonyl (C=O) groups is 1. The molecule has 188 valence electrons. The first-order valence-electron chi connectivity index (χ1n) is 10.2. The number of fused-ring (bicyclic) bond motifs is 1. The van der Waals surface area contributed by atoms with Gasteiger partial charge in [0.15, 0.2) is 17.3 Å².